The van der Waals surface area contributed by atoms with Gasteiger partial charge in [0, 0.05) is 17.7 Å². The summed E-state index contributed by atoms with van der Waals surface area (Å²) >= 11 is 0. The summed E-state index contributed by atoms with van der Waals surface area (Å²) in [4.78, 5) is 13.5. The van der Waals surface area contributed by atoms with Crippen molar-refractivity contribution in [1.82, 2.24) is 0 Å². The Morgan fingerprint density at radius 2 is 1.15 bits per heavy atom. The summed E-state index contributed by atoms with van der Waals surface area (Å²) in [6.07, 6.45) is 0. The van der Waals surface area contributed by atoms with E-state index in [0.717, 1.165) is 22.0 Å². The molecule has 0 fully saturated rings. The molecule has 1 unspecified atom stereocenters. The maximum absolute atomic E-state index is 13.5. The van der Waals surface area contributed by atoms with Crippen molar-refractivity contribution < 1.29 is 37.9 Å². The Balaban J connectivity index is 0.00000578. The van der Waals surface area contributed by atoms with E-state index < -0.39 is 0 Å². The molecule has 2 aromatic carbocycles. The molecule has 0 bridgehead atoms. The van der Waals surface area contributed by atoms with Crippen molar-refractivity contribution in [2.75, 3.05) is 19.8 Å². The van der Waals surface area contributed by atoms with E-state index in [4.69, 9.17) is 14.2 Å². The molecule has 4 nitrogen and oxygen atoms in total. The van der Waals surface area contributed by atoms with Gasteiger partial charge in [-0.2, -0.15) is 0 Å². The first-order valence-electron chi connectivity index (χ1n) is 11.9. The Hall–Kier alpha value is -1.46. The van der Waals surface area contributed by atoms with Crippen molar-refractivity contribution >= 4 is 19.4 Å². The molecule has 0 aliphatic heterocycles. The molecule has 0 aromatic heterocycles. The second-order valence-electron chi connectivity index (χ2n) is 10.1. The summed E-state index contributed by atoms with van der Waals surface area (Å²) in [6.45, 7) is 20.5. The number of carbonyl (C=O) groups excluding carboxylic acids is 1. The first-order valence-corrected chi connectivity index (χ1v) is 12.9. The fourth-order valence-electron chi connectivity index (χ4n) is 3.49. The predicted octanol–water partition coefficient (Wildman–Crippen LogP) is 3.86. The third kappa shape index (κ3) is 9.30. The van der Waals surface area contributed by atoms with Gasteiger partial charge < -0.3 is 14.2 Å². The molecule has 0 saturated heterocycles. The Bertz CT molecular complexity index is 897. The van der Waals surface area contributed by atoms with E-state index in [1.165, 1.54) is 5.56 Å². The summed E-state index contributed by atoms with van der Waals surface area (Å²) in [7, 11) is -0.101. The molecule has 1 atom stereocenters. The Morgan fingerprint density at radius 3 is 1.56 bits per heavy atom. The number of ether oxygens (including phenoxy) is 3. The van der Waals surface area contributed by atoms with Crippen LogP contribution in [0.25, 0.3) is 0 Å². The van der Waals surface area contributed by atoms with Crippen LogP contribution in [0.15, 0.2) is 24.3 Å². The third-order valence-electron chi connectivity index (χ3n) is 4.91. The molecule has 0 N–H and O–H groups in total. The smallest absolute Gasteiger partial charge is 0.493 e. The summed E-state index contributed by atoms with van der Waals surface area (Å²) < 4.78 is 18.4. The van der Waals surface area contributed by atoms with Crippen LogP contribution in [-0.2, 0) is 0 Å². The van der Waals surface area contributed by atoms with Gasteiger partial charge in [0.25, 0.3) is 0 Å². The van der Waals surface area contributed by atoms with Gasteiger partial charge in [-0.05, 0) is 58.2 Å². The zero-order valence-electron chi connectivity index (χ0n) is 22.8. The topological polar surface area (TPSA) is 44.8 Å². The summed E-state index contributed by atoms with van der Waals surface area (Å²) in [5, 5.41) is 0.817. The van der Waals surface area contributed by atoms with Gasteiger partial charge in [0.2, 0.25) is 0 Å². The molecule has 0 aliphatic rings. The van der Waals surface area contributed by atoms with Gasteiger partial charge in [-0.1, -0.05) is 59.2 Å². The van der Waals surface area contributed by atoms with Crippen LogP contribution >= 0.6 is 8.58 Å². The van der Waals surface area contributed by atoms with Gasteiger partial charge in [0.15, 0.2) is 5.52 Å². The van der Waals surface area contributed by atoms with E-state index in [-0.39, 0.29) is 33.0 Å². The molecule has 6 heteroatoms. The summed E-state index contributed by atoms with van der Waals surface area (Å²) in [6, 6.07) is 7.97. The first-order chi connectivity index (χ1) is 15.5. The number of benzene rings is 2. The first kappa shape index (κ1) is 30.6. The van der Waals surface area contributed by atoms with Crippen molar-refractivity contribution in [2.45, 2.75) is 62.3 Å². The minimum Gasteiger partial charge on any atom is -0.493 e. The SMILES string of the molecule is Cc1cc(C)c(C(=O)Pc2c(OCC(C)C)cc(OCC(C)C)cc2OCC(C)C)c(C)c1.[Li+]. The van der Waals surface area contributed by atoms with Crippen molar-refractivity contribution in [1.29, 1.82) is 0 Å². The average molecular weight is 480 g/mol. The van der Waals surface area contributed by atoms with Gasteiger partial charge in [0.05, 0.1) is 25.1 Å². The molecule has 34 heavy (non-hydrogen) atoms. The van der Waals surface area contributed by atoms with E-state index in [9.17, 15) is 4.79 Å². The van der Waals surface area contributed by atoms with Crippen molar-refractivity contribution in [3.63, 3.8) is 0 Å². The minimum atomic E-state index is -0.101. The number of aryl methyl sites for hydroxylation is 3. The molecule has 0 saturated carbocycles. The third-order valence-corrected chi connectivity index (χ3v) is 6.13. The summed E-state index contributed by atoms with van der Waals surface area (Å²) in [5.74, 6) is 3.19. The number of carbonyl (C=O) groups is 1. The molecule has 0 spiro atoms. The van der Waals surface area contributed by atoms with Gasteiger partial charge in [-0.3, -0.25) is 4.79 Å². The van der Waals surface area contributed by atoms with Crippen molar-refractivity contribution in [3.05, 3.63) is 46.5 Å². The molecule has 0 radical (unpaired) electrons. The minimum absolute atomic E-state index is 0. The zero-order chi connectivity index (χ0) is 24.7. The van der Waals surface area contributed by atoms with Crippen LogP contribution in [0, 0.1) is 38.5 Å². The van der Waals surface area contributed by atoms with Crippen LogP contribution in [0.1, 0.15) is 68.6 Å². The van der Waals surface area contributed by atoms with Gasteiger partial charge in [-0.15, -0.1) is 0 Å². The molecule has 2 rings (SSSR count). The van der Waals surface area contributed by atoms with Crippen molar-refractivity contribution in [2.24, 2.45) is 17.8 Å². The number of rotatable bonds is 12. The Labute approximate surface area is 220 Å². The van der Waals surface area contributed by atoms with Crippen LogP contribution in [0.2, 0.25) is 0 Å². The quantitative estimate of drug-likeness (QED) is 0.343. The van der Waals surface area contributed by atoms with E-state index in [1.54, 1.807) is 0 Å². The fourth-order valence-corrected chi connectivity index (χ4v) is 4.77. The molecule has 2 aromatic rings. The fraction of sp³-hybridized carbons (Fsp3) is 0.536. The second-order valence-corrected chi connectivity index (χ2v) is 11.3. The molecule has 182 valence electrons. The predicted molar refractivity (Wildman–Crippen MR) is 140 cm³/mol. The van der Waals surface area contributed by atoms with E-state index >= 15 is 0 Å². The maximum atomic E-state index is 13.5. The van der Waals surface area contributed by atoms with E-state index in [2.05, 4.69) is 60.6 Å². The zero-order valence-corrected chi connectivity index (χ0v) is 23.8. The Morgan fingerprint density at radius 1 is 0.735 bits per heavy atom. The van der Waals surface area contributed by atoms with E-state index in [1.807, 2.05) is 26.0 Å². The van der Waals surface area contributed by atoms with E-state index in [0.29, 0.717) is 54.8 Å². The number of hydrogen-bond donors (Lipinski definition) is 0. The molecule has 0 heterocycles. The van der Waals surface area contributed by atoms with Gasteiger partial charge >= 0.3 is 18.9 Å². The maximum Gasteiger partial charge on any atom is 1.00 e. The van der Waals surface area contributed by atoms with Gasteiger partial charge in [0.1, 0.15) is 17.2 Å². The average Bonchev–Trinajstić information content (AvgIpc) is 2.69. The Kier molecular flexibility index (Phi) is 12.8. The monoisotopic (exact) mass is 479 g/mol. The van der Waals surface area contributed by atoms with Crippen molar-refractivity contribution in [3.8, 4) is 17.2 Å². The second kappa shape index (κ2) is 14.2. The van der Waals surface area contributed by atoms with Crippen LogP contribution in [0.4, 0.5) is 0 Å². The molecular weight excluding hydrogens is 438 g/mol. The van der Waals surface area contributed by atoms with Crippen LogP contribution < -0.4 is 38.4 Å². The standard InChI is InChI=1S/C28H41O4P.Li/c1-17(2)14-30-23-12-24(31-15-18(3)4)27(25(13-23)32-16-19(5)6)33-28(29)26-21(8)10-20(7)11-22(26)9;/h10-13,17-19,33H,14-16H2,1-9H3;/q;+1. The largest absolute Gasteiger partial charge is 1.00 e. The molecular formula is C28H41LiO4P+. The van der Waals surface area contributed by atoms with Crippen LogP contribution in [0.5, 0.6) is 17.2 Å². The molecule has 0 aliphatic carbocycles. The van der Waals surface area contributed by atoms with Crippen LogP contribution in [-0.4, -0.2) is 25.3 Å². The summed E-state index contributed by atoms with van der Waals surface area (Å²) in [5.41, 5.74) is 4.08. The molecule has 0 amide bonds. The number of hydrogen-bond acceptors (Lipinski definition) is 4. The van der Waals surface area contributed by atoms with Gasteiger partial charge in [-0.25, -0.2) is 0 Å². The van der Waals surface area contributed by atoms with Crippen LogP contribution in [0.3, 0.4) is 0 Å². The normalized spacial score (nSPS) is 11.4.